The number of pyridine rings is 1. The zero-order valence-electron chi connectivity index (χ0n) is 16.5. The molecule has 3 heterocycles. The van der Waals surface area contributed by atoms with Gasteiger partial charge in [-0.05, 0) is 32.4 Å². The fourth-order valence-electron chi connectivity index (χ4n) is 4.37. The summed E-state index contributed by atoms with van der Waals surface area (Å²) in [5, 5.41) is 0. The first kappa shape index (κ1) is 21.2. The molecule has 2 aliphatic rings. The molecule has 0 saturated carbocycles. The number of hydrogen-bond acceptors (Lipinski definition) is 5. The van der Waals surface area contributed by atoms with Gasteiger partial charge < -0.3 is 9.64 Å². The van der Waals surface area contributed by atoms with Gasteiger partial charge in [-0.2, -0.15) is 13.2 Å². The highest BCUT2D eigenvalue weighted by Gasteiger charge is 2.51. The maximum Gasteiger partial charge on any atom is 0.390 e. The fraction of sp³-hybridized carbons (Fsp3) is 0.700. The number of carbonyl (C=O) groups excluding carboxylic acids is 1. The molecular formula is C20H28F3N3O2. The summed E-state index contributed by atoms with van der Waals surface area (Å²) in [6, 6.07) is 5.30. The smallest absolute Gasteiger partial charge is 0.375 e. The molecule has 1 atom stereocenters. The Morgan fingerprint density at radius 3 is 2.50 bits per heavy atom. The molecule has 0 radical (unpaired) electrons. The first-order valence-corrected chi connectivity index (χ1v) is 9.75. The Balaban J connectivity index is 1.77. The number of nitrogens with zero attached hydrogens (tertiary/aromatic N) is 3. The maximum absolute atomic E-state index is 13.5. The van der Waals surface area contributed by atoms with Crippen molar-refractivity contribution in [2.75, 3.05) is 39.3 Å². The van der Waals surface area contributed by atoms with Crippen LogP contribution in [0.1, 0.15) is 43.6 Å². The second-order valence-electron chi connectivity index (χ2n) is 8.30. The van der Waals surface area contributed by atoms with Gasteiger partial charge in [-0.15, -0.1) is 0 Å². The highest BCUT2D eigenvalue weighted by molar-refractivity contribution is 6.02. The van der Waals surface area contributed by atoms with E-state index < -0.39 is 23.7 Å². The molecule has 0 amide bonds. The summed E-state index contributed by atoms with van der Waals surface area (Å²) >= 11 is 0. The van der Waals surface area contributed by atoms with E-state index in [-0.39, 0.29) is 12.3 Å². The van der Waals surface area contributed by atoms with Crippen molar-refractivity contribution in [1.82, 2.24) is 14.8 Å². The summed E-state index contributed by atoms with van der Waals surface area (Å²) in [5.74, 6) is -0.0202. The maximum atomic E-state index is 13.5. The third kappa shape index (κ3) is 4.90. The number of hydrogen-bond donors (Lipinski definition) is 0. The number of Topliss-reactive ketones (excluding diaryl/α,β-unsaturated/α-hetero) is 1. The quantitative estimate of drug-likeness (QED) is 0.712. The van der Waals surface area contributed by atoms with E-state index in [9.17, 15) is 18.0 Å². The number of piperazine rings is 1. The molecule has 0 aliphatic carbocycles. The summed E-state index contributed by atoms with van der Waals surface area (Å²) in [4.78, 5) is 21.8. The molecule has 0 bridgehead atoms. The third-order valence-electron chi connectivity index (χ3n) is 5.74. The second-order valence-corrected chi connectivity index (χ2v) is 8.30. The van der Waals surface area contributed by atoms with E-state index >= 15 is 0 Å². The van der Waals surface area contributed by atoms with Crippen molar-refractivity contribution in [3.8, 4) is 0 Å². The van der Waals surface area contributed by atoms with Crippen LogP contribution in [0.5, 0.6) is 0 Å². The number of rotatable bonds is 5. The number of ketones is 1. The Morgan fingerprint density at radius 1 is 1.21 bits per heavy atom. The van der Waals surface area contributed by atoms with Crippen molar-refractivity contribution in [2.45, 2.75) is 50.4 Å². The standard InChI is InChI=1S/C20H28F3N3O2/c1-18(2)15-19(7-14-28-18,17(27)16-5-3-4-8-24-16)26-12-10-25(11-13-26)9-6-20(21,22)23/h3-5,8H,6-7,9-15H2,1-2H3. The van der Waals surface area contributed by atoms with Crippen LogP contribution in [0.2, 0.25) is 0 Å². The highest BCUT2D eigenvalue weighted by atomic mass is 19.4. The summed E-state index contributed by atoms with van der Waals surface area (Å²) in [5.41, 5.74) is -0.748. The summed E-state index contributed by atoms with van der Waals surface area (Å²) in [6.07, 6.45) is -2.23. The van der Waals surface area contributed by atoms with Crippen LogP contribution in [-0.2, 0) is 4.74 Å². The van der Waals surface area contributed by atoms with Crippen LogP contribution in [0.25, 0.3) is 0 Å². The Labute approximate surface area is 163 Å². The molecule has 0 aromatic carbocycles. The van der Waals surface area contributed by atoms with Crippen LogP contribution in [0.15, 0.2) is 24.4 Å². The Morgan fingerprint density at radius 2 is 1.93 bits per heavy atom. The van der Waals surface area contributed by atoms with Crippen molar-refractivity contribution < 1.29 is 22.7 Å². The van der Waals surface area contributed by atoms with Crippen LogP contribution in [0.3, 0.4) is 0 Å². The van der Waals surface area contributed by atoms with E-state index in [0.29, 0.717) is 51.3 Å². The number of halogens is 3. The van der Waals surface area contributed by atoms with Crippen LogP contribution >= 0.6 is 0 Å². The van der Waals surface area contributed by atoms with Gasteiger partial charge in [-0.3, -0.25) is 14.7 Å². The average Bonchev–Trinajstić information content (AvgIpc) is 2.65. The average molecular weight is 399 g/mol. The summed E-state index contributed by atoms with van der Waals surface area (Å²) < 4.78 is 43.4. The van der Waals surface area contributed by atoms with Gasteiger partial charge in [0.2, 0.25) is 5.78 Å². The van der Waals surface area contributed by atoms with Gasteiger partial charge >= 0.3 is 6.18 Å². The monoisotopic (exact) mass is 399 g/mol. The lowest BCUT2D eigenvalue weighted by atomic mass is 9.75. The van der Waals surface area contributed by atoms with Crippen LogP contribution < -0.4 is 0 Å². The Kier molecular flexibility index (Phi) is 6.12. The van der Waals surface area contributed by atoms with Gasteiger partial charge in [0, 0.05) is 51.9 Å². The van der Waals surface area contributed by atoms with Crippen molar-refractivity contribution >= 4 is 5.78 Å². The molecular weight excluding hydrogens is 371 g/mol. The lowest BCUT2D eigenvalue weighted by Crippen LogP contribution is -2.65. The zero-order valence-corrected chi connectivity index (χ0v) is 16.5. The minimum Gasteiger partial charge on any atom is -0.375 e. The lowest BCUT2D eigenvalue weighted by molar-refractivity contribution is -0.141. The molecule has 3 rings (SSSR count). The summed E-state index contributed by atoms with van der Waals surface area (Å²) in [6.45, 7) is 6.60. The fourth-order valence-corrected chi connectivity index (χ4v) is 4.37. The number of aromatic nitrogens is 1. The molecule has 8 heteroatoms. The van der Waals surface area contributed by atoms with Crippen LogP contribution in [0, 0.1) is 0 Å². The third-order valence-corrected chi connectivity index (χ3v) is 5.74. The Bertz CT molecular complexity index is 673. The predicted molar refractivity (Wildman–Crippen MR) is 99.2 cm³/mol. The lowest BCUT2D eigenvalue weighted by Gasteiger charge is -2.52. The zero-order chi connectivity index (χ0) is 20.4. The van der Waals surface area contributed by atoms with Crippen molar-refractivity contribution in [3.63, 3.8) is 0 Å². The minimum absolute atomic E-state index is 0.00707. The molecule has 1 aromatic heterocycles. The van der Waals surface area contributed by atoms with E-state index in [1.165, 1.54) is 0 Å². The molecule has 2 saturated heterocycles. The summed E-state index contributed by atoms with van der Waals surface area (Å²) in [7, 11) is 0. The van der Waals surface area contributed by atoms with Crippen LogP contribution in [0.4, 0.5) is 13.2 Å². The first-order valence-electron chi connectivity index (χ1n) is 9.75. The predicted octanol–water partition coefficient (Wildman–Crippen LogP) is 3.16. The highest BCUT2D eigenvalue weighted by Crippen LogP contribution is 2.39. The number of alkyl halides is 3. The van der Waals surface area contributed by atoms with Gasteiger partial charge in [0.15, 0.2) is 0 Å². The van der Waals surface area contributed by atoms with E-state index in [2.05, 4.69) is 9.88 Å². The van der Waals surface area contributed by atoms with E-state index in [1.807, 2.05) is 18.7 Å². The van der Waals surface area contributed by atoms with Gasteiger partial charge in [0.1, 0.15) is 5.69 Å². The number of ether oxygens (including phenoxy) is 1. The first-order chi connectivity index (χ1) is 13.1. The SMILES string of the molecule is CC1(C)CC(C(=O)c2ccccn2)(N2CCN(CCC(F)(F)F)CC2)CCO1. The van der Waals surface area contributed by atoms with Crippen LogP contribution in [-0.4, -0.2) is 77.2 Å². The second kappa shape index (κ2) is 8.08. The molecule has 0 N–H and O–H groups in total. The van der Waals surface area contributed by atoms with Crippen molar-refractivity contribution in [1.29, 1.82) is 0 Å². The molecule has 156 valence electrons. The molecule has 28 heavy (non-hydrogen) atoms. The molecule has 2 fully saturated rings. The minimum atomic E-state index is -4.14. The van der Waals surface area contributed by atoms with Crippen molar-refractivity contribution in [2.24, 2.45) is 0 Å². The molecule has 5 nitrogen and oxygen atoms in total. The van der Waals surface area contributed by atoms with Gasteiger partial charge in [0.05, 0.1) is 17.6 Å². The van der Waals surface area contributed by atoms with Crippen molar-refractivity contribution in [3.05, 3.63) is 30.1 Å². The molecule has 2 aliphatic heterocycles. The molecule has 1 unspecified atom stereocenters. The van der Waals surface area contributed by atoms with Gasteiger partial charge in [0.25, 0.3) is 0 Å². The van der Waals surface area contributed by atoms with E-state index in [1.54, 1.807) is 24.4 Å². The normalized spacial score (nSPS) is 26.9. The van der Waals surface area contributed by atoms with E-state index in [4.69, 9.17) is 4.74 Å². The van der Waals surface area contributed by atoms with Gasteiger partial charge in [-0.25, -0.2) is 0 Å². The molecule has 0 spiro atoms. The topological polar surface area (TPSA) is 45.7 Å². The molecule has 1 aromatic rings. The Hall–Kier alpha value is -1.51. The van der Waals surface area contributed by atoms with Gasteiger partial charge in [-0.1, -0.05) is 6.07 Å². The van der Waals surface area contributed by atoms with E-state index in [0.717, 1.165) is 0 Å². The number of carbonyl (C=O) groups is 1. The largest absolute Gasteiger partial charge is 0.390 e.